The smallest absolute Gasteiger partial charge is 0.209 e. The third-order valence-electron chi connectivity index (χ3n) is 23.2. The molecule has 0 atom stereocenters. The number of aromatic nitrogens is 8. The average molecular weight is 1610 g/mol. The standard InChI is InChI=1S/C50H32N6.C48H28N2O8S4/c1-3-15-35(16-4-1)53-47-25-13-9-21-41(47)51-49(53)33-27-29-45-39(31-33)37-19-7-11-23-43(37)55(45)56-44-24-12-8-20-38(44)40-32-34(28-30-46(40)56)50-52-42-22-10-14-26-48(42)54(50)36-17-5-2-6-18-36;51-59(52)41-13-5-7-15-43(41)61(55,56)47-27-31(19-23-45(47)59)29-17-21-39-35(25-29)33-9-1-3-11-37(33)49(39)50-38-12-4-2-10-34(38)36-26-30(18-22-40(36)50)32-20-24-46-48(28-32)62(57,58)44-16-8-6-14-42(44)60(46,53)54/h1-32H;1-28H. The van der Waals surface area contributed by atoms with Crippen molar-refractivity contribution in [3.8, 4) is 56.4 Å². The number of nitrogens with zero attached hydrogens (tertiary/aromatic N) is 8. The number of hydrogen-bond acceptors (Lipinski definition) is 10. The highest BCUT2D eigenvalue weighted by Gasteiger charge is 2.41. The van der Waals surface area contributed by atoms with Crippen LogP contribution >= 0.6 is 0 Å². The quantitative estimate of drug-likeness (QED) is 0.141. The topological polar surface area (TPSA) is 192 Å². The van der Waals surface area contributed by atoms with Crippen LogP contribution in [0.3, 0.4) is 0 Å². The molecule has 16 nitrogen and oxygen atoms in total. The second kappa shape index (κ2) is 25.5. The van der Waals surface area contributed by atoms with Gasteiger partial charge in [0.1, 0.15) is 11.6 Å². The Balaban J connectivity index is 0.000000139. The summed E-state index contributed by atoms with van der Waals surface area (Å²) in [5.74, 6) is 1.84. The molecule has 0 radical (unpaired) electrons. The van der Waals surface area contributed by atoms with Crippen molar-refractivity contribution in [1.82, 2.24) is 37.8 Å². The van der Waals surface area contributed by atoms with Crippen molar-refractivity contribution in [1.29, 1.82) is 0 Å². The summed E-state index contributed by atoms with van der Waals surface area (Å²) < 4.78 is 123. The van der Waals surface area contributed by atoms with E-state index in [9.17, 15) is 33.7 Å². The second-order valence-electron chi connectivity index (χ2n) is 29.7. The zero-order chi connectivity index (χ0) is 79.2. The van der Waals surface area contributed by atoms with Gasteiger partial charge in [-0.25, -0.2) is 62.3 Å². The fourth-order valence-corrected chi connectivity index (χ4v) is 26.2. The molecule has 0 saturated carbocycles. The number of imidazole rings is 2. The summed E-state index contributed by atoms with van der Waals surface area (Å²) in [6.45, 7) is 0. The summed E-state index contributed by atoms with van der Waals surface area (Å²) in [5, 5.41) is 8.34. The zero-order valence-corrected chi connectivity index (χ0v) is 65.4. The molecule has 0 aliphatic carbocycles. The van der Waals surface area contributed by atoms with Gasteiger partial charge >= 0.3 is 0 Å². The first-order valence-corrected chi connectivity index (χ1v) is 44.2. The van der Waals surface area contributed by atoms with Crippen molar-refractivity contribution in [2.24, 2.45) is 0 Å². The number of fused-ring (bicyclic) bond motifs is 18. The number of benzene rings is 16. The van der Waals surface area contributed by atoms with Gasteiger partial charge in [0.2, 0.25) is 39.3 Å². The Morgan fingerprint density at radius 1 is 0.178 bits per heavy atom. The molecule has 0 unspecified atom stereocenters. The predicted octanol–water partition coefficient (Wildman–Crippen LogP) is 21.7. The summed E-state index contributed by atoms with van der Waals surface area (Å²) in [4.78, 5) is 8.46. The monoisotopic (exact) mass is 1600 g/mol. The molecule has 0 N–H and O–H groups in total. The summed E-state index contributed by atoms with van der Waals surface area (Å²) in [6.07, 6.45) is 0. The summed E-state index contributed by atoms with van der Waals surface area (Å²) in [6, 6.07) is 117. The molecule has 20 heteroatoms. The lowest BCUT2D eigenvalue weighted by atomic mass is 10.0. The van der Waals surface area contributed by atoms with E-state index in [0.29, 0.717) is 22.3 Å². The highest BCUT2D eigenvalue weighted by molar-refractivity contribution is 7.98. The molecule has 6 aromatic heterocycles. The Morgan fingerprint density at radius 2 is 0.407 bits per heavy atom. The minimum Gasteiger partial charge on any atom is -0.292 e. The third kappa shape index (κ3) is 10.0. The first kappa shape index (κ1) is 69.0. The van der Waals surface area contributed by atoms with Gasteiger partial charge in [0.15, 0.2) is 0 Å². The Hall–Kier alpha value is -14.5. The van der Waals surface area contributed by atoms with Crippen molar-refractivity contribution < 1.29 is 33.7 Å². The SMILES string of the molecule is O=S1(=O)c2ccccc2S(=O)(=O)c2cc(-c3ccc4c(c3)c3ccccc3n4-n3c4ccccc4c4cc(-c5ccc6c(c5)S(=O)(=O)c5ccccc5S6(=O)=O)ccc43)ccc21.c1ccc(-n2c(-c3ccc4c(c3)c3ccccc3n4-n3c4ccccc4c4cc(-c5nc6ccccc6n5-c5ccccc5)ccc43)nc3ccccc32)cc1. The molecular formula is C98H60N8O8S4. The largest absolute Gasteiger partial charge is 0.292 e. The predicted molar refractivity (Wildman–Crippen MR) is 465 cm³/mol. The Kier molecular flexibility index (Phi) is 14.9. The zero-order valence-electron chi connectivity index (χ0n) is 62.1. The molecule has 564 valence electrons. The van der Waals surface area contributed by atoms with E-state index in [4.69, 9.17) is 9.97 Å². The lowest BCUT2D eigenvalue weighted by Crippen LogP contribution is -2.19. The van der Waals surface area contributed by atoms with Gasteiger partial charge in [-0.15, -0.1) is 0 Å². The normalized spacial score (nSPS) is 14.3. The number of rotatable bonds is 8. The van der Waals surface area contributed by atoms with E-state index in [0.717, 1.165) is 122 Å². The first-order valence-electron chi connectivity index (χ1n) is 38.3. The molecular weight excluding hydrogens is 1550 g/mol. The summed E-state index contributed by atoms with van der Waals surface area (Å²) in [7, 11) is -16.4. The molecule has 2 aliphatic heterocycles. The van der Waals surface area contributed by atoms with Crippen molar-refractivity contribution in [3.63, 3.8) is 0 Å². The van der Waals surface area contributed by atoms with Gasteiger partial charge in [0.05, 0.1) is 105 Å². The second-order valence-corrected chi connectivity index (χ2v) is 37.2. The summed E-state index contributed by atoms with van der Waals surface area (Å²) in [5.41, 5.74) is 18.9. The van der Waals surface area contributed by atoms with E-state index in [1.54, 1.807) is 12.1 Å². The average Bonchev–Trinajstić information content (AvgIpc) is 1.52. The molecule has 0 amide bonds. The Labute approximate surface area is 674 Å². The third-order valence-corrected chi connectivity index (χ3v) is 31.2. The molecule has 24 rings (SSSR count). The van der Waals surface area contributed by atoms with E-state index in [-0.39, 0.29) is 39.2 Å². The van der Waals surface area contributed by atoms with E-state index in [1.807, 2.05) is 84.9 Å². The lowest BCUT2D eigenvalue weighted by molar-refractivity contribution is 0.570. The van der Waals surface area contributed by atoms with Crippen molar-refractivity contribution >= 4 is 149 Å². The van der Waals surface area contributed by atoms with Crippen LogP contribution in [-0.4, -0.2) is 71.5 Å². The van der Waals surface area contributed by atoms with Gasteiger partial charge in [0.25, 0.3) is 0 Å². The molecule has 16 aromatic carbocycles. The molecule has 0 fully saturated rings. The van der Waals surface area contributed by atoms with Gasteiger partial charge in [-0.05, 0) is 204 Å². The van der Waals surface area contributed by atoms with Gasteiger partial charge in [-0.1, -0.05) is 182 Å². The highest BCUT2D eigenvalue weighted by atomic mass is 32.2. The van der Waals surface area contributed by atoms with Gasteiger partial charge < -0.3 is 0 Å². The maximum atomic E-state index is 13.8. The maximum Gasteiger partial charge on any atom is 0.209 e. The van der Waals surface area contributed by atoms with Crippen LogP contribution in [0, 0.1) is 0 Å². The fraction of sp³-hybridized carbons (Fsp3) is 0. The van der Waals surface area contributed by atoms with Crippen LogP contribution in [0.5, 0.6) is 0 Å². The molecule has 0 spiro atoms. The van der Waals surface area contributed by atoms with Crippen LogP contribution in [0.15, 0.2) is 403 Å². The van der Waals surface area contributed by atoms with E-state index in [1.165, 1.54) is 94.3 Å². The van der Waals surface area contributed by atoms with E-state index < -0.39 is 39.3 Å². The van der Waals surface area contributed by atoms with Crippen molar-refractivity contribution in [3.05, 3.63) is 364 Å². The van der Waals surface area contributed by atoms with Crippen LogP contribution in [-0.2, 0) is 39.3 Å². The highest BCUT2D eigenvalue weighted by Crippen LogP contribution is 2.47. The van der Waals surface area contributed by atoms with E-state index in [2.05, 4.69) is 222 Å². The van der Waals surface area contributed by atoms with Gasteiger partial charge in [0, 0.05) is 65.6 Å². The van der Waals surface area contributed by atoms with Crippen molar-refractivity contribution in [2.75, 3.05) is 0 Å². The molecule has 0 saturated heterocycles. The van der Waals surface area contributed by atoms with E-state index >= 15 is 0 Å². The van der Waals surface area contributed by atoms with Crippen LogP contribution in [0.4, 0.5) is 0 Å². The molecule has 2 aliphatic rings. The molecule has 8 heterocycles. The number of para-hydroxylation sites is 10. The maximum absolute atomic E-state index is 13.8. The number of hydrogen-bond donors (Lipinski definition) is 0. The van der Waals surface area contributed by atoms with Crippen molar-refractivity contribution in [2.45, 2.75) is 39.2 Å². The molecule has 22 aromatic rings. The van der Waals surface area contributed by atoms with Crippen LogP contribution in [0.1, 0.15) is 0 Å². The van der Waals surface area contributed by atoms with Crippen LogP contribution < -0.4 is 0 Å². The first-order chi connectivity index (χ1) is 57.6. The lowest BCUT2D eigenvalue weighted by Gasteiger charge is -2.20. The minimum absolute atomic E-state index is 0.228. The molecule has 118 heavy (non-hydrogen) atoms. The van der Waals surface area contributed by atoms with Gasteiger partial charge in [-0.3, -0.25) is 9.13 Å². The number of sulfone groups is 4. The summed E-state index contributed by atoms with van der Waals surface area (Å²) >= 11 is 0. The Morgan fingerprint density at radius 3 is 0.737 bits per heavy atom. The van der Waals surface area contributed by atoms with Gasteiger partial charge in [-0.2, -0.15) is 0 Å². The van der Waals surface area contributed by atoms with Crippen LogP contribution in [0.25, 0.3) is 166 Å². The molecule has 0 bridgehead atoms. The Bertz CT molecular complexity index is 8160. The fourth-order valence-electron chi connectivity index (χ4n) is 17.9. The minimum atomic E-state index is -4.13. The van der Waals surface area contributed by atoms with Crippen LogP contribution in [0.2, 0.25) is 0 Å².